The SMILES string of the molecule is CC(=O)NCC(C)(C)c1ccc(Cl)c(Cl)c1. The van der Waals surface area contributed by atoms with Crippen molar-refractivity contribution in [2.45, 2.75) is 26.2 Å². The molecule has 0 unspecified atom stereocenters. The molecule has 0 saturated heterocycles. The third-order valence-electron chi connectivity index (χ3n) is 2.48. The molecule has 0 spiro atoms. The predicted octanol–water partition coefficient (Wildman–Crippen LogP) is 3.41. The Kier molecular flexibility index (Phi) is 4.22. The minimum Gasteiger partial charge on any atom is -0.355 e. The average Bonchev–Trinajstić information content (AvgIpc) is 2.19. The lowest BCUT2D eigenvalue weighted by molar-refractivity contribution is -0.119. The first kappa shape index (κ1) is 13.3. The lowest BCUT2D eigenvalue weighted by atomic mass is 9.84. The van der Waals surface area contributed by atoms with Gasteiger partial charge in [-0.25, -0.2) is 0 Å². The van der Waals surface area contributed by atoms with Crippen LogP contribution in [0.2, 0.25) is 10.0 Å². The van der Waals surface area contributed by atoms with Crippen molar-refractivity contribution in [3.8, 4) is 0 Å². The molecule has 1 N–H and O–H groups in total. The summed E-state index contributed by atoms with van der Waals surface area (Å²) in [5, 5.41) is 3.88. The van der Waals surface area contributed by atoms with Crippen LogP contribution in [0.15, 0.2) is 18.2 Å². The van der Waals surface area contributed by atoms with Crippen LogP contribution < -0.4 is 5.32 Å². The molecule has 0 saturated carbocycles. The molecule has 16 heavy (non-hydrogen) atoms. The molecular weight excluding hydrogens is 245 g/mol. The number of benzene rings is 1. The summed E-state index contributed by atoms with van der Waals surface area (Å²) in [4.78, 5) is 10.9. The second-order valence-corrected chi connectivity index (χ2v) is 5.24. The van der Waals surface area contributed by atoms with Gasteiger partial charge in [-0.2, -0.15) is 0 Å². The highest BCUT2D eigenvalue weighted by Gasteiger charge is 2.21. The first-order valence-electron chi connectivity index (χ1n) is 5.03. The molecule has 0 aliphatic rings. The number of carbonyl (C=O) groups excluding carboxylic acids is 1. The first-order valence-corrected chi connectivity index (χ1v) is 5.78. The second-order valence-electron chi connectivity index (χ2n) is 4.42. The third-order valence-corrected chi connectivity index (χ3v) is 3.22. The van der Waals surface area contributed by atoms with Crippen molar-refractivity contribution in [1.82, 2.24) is 5.32 Å². The zero-order valence-electron chi connectivity index (χ0n) is 9.60. The Balaban J connectivity index is 2.88. The van der Waals surface area contributed by atoms with Gasteiger partial charge in [0, 0.05) is 18.9 Å². The van der Waals surface area contributed by atoms with Gasteiger partial charge in [0.2, 0.25) is 5.91 Å². The topological polar surface area (TPSA) is 29.1 Å². The van der Waals surface area contributed by atoms with Crippen molar-refractivity contribution in [1.29, 1.82) is 0 Å². The first-order chi connectivity index (χ1) is 7.33. The summed E-state index contributed by atoms with van der Waals surface area (Å²) in [5.41, 5.74) is 0.885. The van der Waals surface area contributed by atoms with Gasteiger partial charge in [0.1, 0.15) is 0 Å². The number of halogens is 2. The molecule has 2 nitrogen and oxygen atoms in total. The van der Waals surface area contributed by atoms with E-state index in [1.807, 2.05) is 26.0 Å². The Morgan fingerprint density at radius 1 is 1.31 bits per heavy atom. The molecule has 88 valence electrons. The average molecular weight is 260 g/mol. The summed E-state index contributed by atoms with van der Waals surface area (Å²) in [6.45, 7) is 6.16. The fourth-order valence-corrected chi connectivity index (χ4v) is 1.66. The maximum absolute atomic E-state index is 10.9. The van der Waals surface area contributed by atoms with Crippen LogP contribution in [-0.2, 0) is 10.2 Å². The highest BCUT2D eigenvalue weighted by atomic mass is 35.5. The van der Waals surface area contributed by atoms with E-state index < -0.39 is 0 Å². The van der Waals surface area contributed by atoms with Gasteiger partial charge < -0.3 is 5.32 Å². The van der Waals surface area contributed by atoms with Crippen LogP contribution in [0.3, 0.4) is 0 Å². The monoisotopic (exact) mass is 259 g/mol. The Hall–Kier alpha value is -0.730. The minimum atomic E-state index is -0.167. The van der Waals surface area contributed by atoms with Crippen molar-refractivity contribution < 1.29 is 4.79 Å². The van der Waals surface area contributed by atoms with E-state index in [1.54, 1.807) is 6.07 Å². The zero-order chi connectivity index (χ0) is 12.3. The molecule has 1 aromatic carbocycles. The Bertz CT molecular complexity index is 402. The van der Waals surface area contributed by atoms with E-state index in [4.69, 9.17) is 23.2 Å². The van der Waals surface area contributed by atoms with Crippen LogP contribution in [-0.4, -0.2) is 12.5 Å². The Morgan fingerprint density at radius 3 is 2.44 bits per heavy atom. The normalized spacial score (nSPS) is 11.3. The summed E-state index contributed by atoms with van der Waals surface area (Å²) in [5.74, 6) is -0.0341. The zero-order valence-corrected chi connectivity index (χ0v) is 11.1. The van der Waals surface area contributed by atoms with Crippen LogP contribution in [0.25, 0.3) is 0 Å². The van der Waals surface area contributed by atoms with Gasteiger partial charge in [0.05, 0.1) is 10.0 Å². The highest BCUT2D eigenvalue weighted by molar-refractivity contribution is 6.42. The quantitative estimate of drug-likeness (QED) is 0.886. The predicted molar refractivity (Wildman–Crippen MR) is 68.2 cm³/mol. The van der Waals surface area contributed by atoms with Crippen LogP contribution in [0.1, 0.15) is 26.3 Å². The van der Waals surface area contributed by atoms with Gasteiger partial charge in [0.25, 0.3) is 0 Å². The van der Waals surface area contributed by atoms with E-state index in [-0.39, 0.29) is 11.3 Å². The number of hydrogen-bond acceptors (Lipinski definition) is 1. The Labute approximate surface area is 106 Å². The van der Waals surface area contributed by atoms with Crippen molar-refractivity contribution in [2.75, 3.05) is 6.54 Å². The molecule has 0 aliphatic heterocycles. The fraction of sp³-hybridized carbons (Fsp3) is 0.417. The van der Waals surface area contributed by atoms with Crippen LogP contribution in [0.5, 0.6) is 0 Å². The summed E-state index contributed by atoms with van der Waals surface area (Å²) in [6.07, 6.45) is 0. The summed E-state index contributed by atoms with van der Waals surface area (Å²) >= 11 is 11.8. The number of hydrogen-bond donors (Lipinski definition) is 1. The smallest absolute Gasteiger partial charge is 0.216 e. The van der Waals surface area contributed by atoms with E-state index in [9.17, 15) is 4.79 Å². The maximum Gasteiger partial charge on any atom is 0.216 e. The second kappa shape index (κ2) is 5.07. The van der Waals surface area contributed by atoms with Crippen molar-refractivity contribution in [3.05, 3.63) is 33.8 Å². The van der Waals surface area contributed by atoms with Gasteiger partial charge in [-0.15, -0.1) is 0 Å². The molecule has 0 bridgehead atoms. The van der Waals surface area contributed by atoms with Gasteiger partial charge in [-0.05, 0) is 17.7 Å². The van der Waals surface area contributed by atoms with Crippen LogP contribution in [0.4, 0.5) is 0 Å². The van der Waals surface area contributed by atoms with Gasteiger partial charge in [-0.1, -0.05) is 43.1 Å². The summed E-state index contributed by atoms with van der Waals surface area (Å²) in [6, 6.07) is 5.54. The molecule has 0 atom stereocenters. The lowest BCUT2D eigenvalue weighted by Crippen LogP contribution is -2.35. The standard InChI is InChI=1S/C12H15Cl2NO/c1-8(16)15-7-12(2,3)9-4-5-10(13)11(14)6-9/h4-6H,7H2,1-3H3,(H,15,16). The maximum atomic E-state index is 10.9. The molecule has 0 radical (unpaired) electrons. The third kappa shape index (κ3) is 3.39. The molecule has 4 heteroatoms. The summed E-state index contributed by atoms with van der Waals surface area (Å²) < 4.78 is 0. The molecule has 0 aromatic heterocycles. The number of carbonyl (C=O) groups is 1. The van der Waals surface area contributed by atoms with Crippen LogP contribution >= 0.6 is 23.2 Å². The fourth-order valence-electron chi connectivity index (χ4n) is 1.36. The molecule has 0 fully saturated rings. The van der Waals surface area contributed by atoms with E-state index in [1.165, 1.54) is 6.92 Å². The Morgan fingerprint density at radius 2 is 1.94 bits per heavy atom. The highest BCUT2D eigenvalue weighted by Crippen LogP contribution is 2.29. The molecule has 1 amide bonds. The van der Waals surface area contributed by atoms with Crippen molar-refractivity contribution >= 4 is 29.1 Å². The lowest BCUT2D eigenvalue weighted by Gasteiger charge is -2.25. The number of amides is 1. The van der Waals surface area contributed by atoms with Crippen LogP contribution in [0, 0.1) is 0 Å². The van der Waals surface area contributed by atoms with Crippen molar-refractivity contribution in [3.63, 3.8) is 0 Å². The molecule has 0 aliphatic carbocycles. The van der Waals surface area contributed by atoms with E-state index in [0.29, 0.717) is 16.6 Å². The van der Waals surface area contributed by atoms with Gasteiger partial charge >= 0.3 is 0 Å². The molecular formula is C12H15Cl2NO. The summed E-state index contributed by atoms with van der Waals surface area (Å²) in [7, 11) is 0. The van der Waals surface area contributed by atoms with E-state index >= 15 is 0 Å². The molecule has 1 rings (SSSR count). The van der Waals surface area contributed by atoms with E-state index in [0.717, 1.165) is 5.56 Å². The largest absolute Gasteiger partial charge is 0.355 e. The van der Waals surface area contributed by atoms with Gasteiger partial charge in [0.15, 0.2) is 0 Å². The minimum absolute atomic E-state index is 0.0341. The molecule has 1 aromatic rings. The van der Waals surface area contributed by atoms with E-state index in [2.05, 4.69) is 5.32 Å². The van der Waals surface area contributed by atoms with Crippen molar-refractivity contribution in [2.24, 2.45) is 0 Å². The number of nitrogens with one attached hydrogen (secondary N) is 1. The molecule has 0 heterocycles. The number of rotatable bonds is 3. The van der Waals surface area contributed by atoms with Gasteiger partial charge in [-0.3, -0.25) is 4.79 Å².